The molecule has 1 aromatic heterocycles. The minimum atomic E-state index is -2.82. The number of morpholine rings is 1. The van der Waals surface area contributed by atoms with Gasteiger partial charge in [0.1, 0.15) is 5.75 Å². The SMILES string of the molecule is FC(F)Oc1cccc([C@@H]2CN(CCn3cccn3)CCO2)c1. The maximum absolute atomic E-state index is 12.3. The van der Waals surface area contributed by atoms with E-state index in [0.717, 1.165) is 31.7 Å². The Morgan fingerprint density at radius 3 is 3.00 bits per heavy atom. The number of hydrogen-bond donors (Lipinski definition) is 0. The first-order valence-corrected chi connectivity index (χ1v) is 7.57. The van der Waals surface area contributed by atoms with Crippen LogP contribution in [0, 0.1) is 0 Å². The second-order valence-corrected chi connectivity index (χ2v) is 5.38. The largest absolute Gasteiger partial charge is 0.435 e. The predicted octanol–water partition coefficient (Wildman–Crippen LogP) is 2.56. The highest BCUT2D eigenvalue weighted by Gasteiger charge is 2.22. The normalized spacial score (nSPS) is 19.2. The van der Waals surface area contributed by atoms with Gasteiger partial charge >= 0.3 is 6.61 Å². The van der Waals surface area contributed by atoms with Crippen molar-refractivity contribution in [3.63, 3.8) is 0 Å². The summed E-state index contributed by atoms with van der Waals surface area (Å²) in [7, 11) is 0. The predicted molar refractivity (Wildman–Crippen MR) is 80.4 cm³/mol. The van der Waals surface area contributed by atoms with Gasteiger partial charge in [0.05, 0.1) is 19.3 Å². The van der Waals surface area contributed by atoms with Gasteiger partial charge in [0.15, 0.2) is 0 Å². The number of nitrogens with zero attached hydrogens (tertiary/aromatic N) is 3. The lowest BCUT2D eigenvalue weighted by atomic mass is 10.1. The molecular weight excluding hydrogens is 304 g/mol. The van der Waals surface area contributed by atoms with Crippen LogP contribution >= 0.6 is 0 Å². The van der Waals surface area contributed by atoms with Crippen LogP contribution in [0.4, 0.5) is 8.78 Å². The fourth-order valence-corrected chi connectivity index (χ4v) is 2.67. The number of ether oxygens (including phenoxy) is 2. The van der Waals surface area contributed by atoms with Crippen molar-refractivity contribution in [3.05, 3.63) is 48.3 Å². The van der Waals surface area contributed by atoms with Gasteiger partial charge in [-0.05, 0) is 23.8 Å². The van der Waals surface area contributed by atoms with E-state index in [1.165, 1.54) is 6.07 Å². The Bertz CT molecular complexity index is 607. The lowest BCUT2D eigenvalue weighted by Gasteiger charge is -2.33. The zero-order chi connectivity index (χ0) is 16.1. The van der Waals surface area contributed by atoms with E-state index in [9.17, 15) is 8.78 Å². The Kier molecular flexibility index (Phi) is 5.19. The monoisotopic (exact) mass is 323 g/mol. The van der Waals surface area contributed by atoms with Crippen molar-refractivity contribution in [1.29, 1.82) is 0 Å². The highest BCUT2D eigenvalue weighted by Crippen LogP contribution is 2.26. The van der Waals surface area contributed by atoms with Crippen molar-refractivity contribution in [2.75, 3.05) is 26.2 Å². The number of alkyl halides is 2. The Hall–Kier alpha value is -1.99. The summed E-state index contributed by atoms with van der Waals surface area (Å²) in [6.07, 6.45) is 3.56. The second-order valence-electron chi connectivity index (χ2n) is 5.38. The van der Waals surface area contributed by atoms with Crippen molar-refractivity contribution in [3.8, 4) is 5.75 Å². The molecule has 1 aromatic carbocycles. The molecule has 124 valence electrons. The molecule has 0 saturated carbocycles. The van der Waals surface area contributed by atoms with Crippen LogP contribution in [0.1, 0.15) is 11.7 Å². The lowest BCUT2D eigenvalue weighted by molar-refractivity contribution is -0.0508. The third-order valence-electron chi connectivity index (χ3n) is 3.81. The standard InChI is InChI=1S/C16H19F2N3O2/c17-16(18)23-14-4-1-3-13(11-14)15-12-20(9-10-22-15)7-8-21-6-2-5-19-21/h1-6,11,15-16H,7-10,12H2/t15-/m0/s1. The second kappa shape index (κ2) is 7.52. The van der Waals surface area contributed by atoms with Crippen molar-refractivity contribution >= 4 is 0 Å². The van der Waals surface area contributed by atoms with Crippen LogP contribution in [-0.2, 0) is 11.3 Å². The van der Waals surface area contributed by atoms with E-state index >= 15 is 0 Å². The summed E-state index contributed by atoms with van der Waals surface area (Å²) in [4.78, 5) is 2.29. The third-order valence-corrected chi connectivity index (χ3v) is 3.81. The van der Waals surface area contributed by atoms with Gasteiger partial charge in [-0.15, -0.1) is 0 Å². The van der Waals surface area contributed by atoms with E-state index < -0.39 is 6.61 Å². The molecule has 0 bridgehead atoms. The summed E-state index contributed by atoms with van der Waals surface area (Å²) < 4.78 is 36.8. The first kappa shape index (κ1) is 15.9. The molecule has 0 aliphatic carbocycles. The summed E-state index contributed by atoms with van der Waals surface area (Å²) in [5.74, 6) is 0.162. The summed E-state index contributed by atoms with van der Waals surface area (Å²) in [6, 6.07) is 8.62. The van der Waals surface area contributed by atoms with E-state index in [0.29, 0.717) is 6.61 Å². The highest BCUT2D eigenvalue weighted by molar-refractivity contribution is 5.30. The molecule has 0 N–H and O–H groups in total. The molecule has 5 nitrogen and oxygen atoms in total. The van der Waals surface area contributed by atoms with Crippen LogP contribution in [0.15, 0.2) is 42.7 Å². The zero-order valence-corrected chi connectivity index (χ0v) is 12.6. The van der Waals surface area contributed by atoms with Gasteiger partial charge in [0, 0.05) is 32.0 Å². The topological polar surface area (TPSA) is 39.5 Å². The Labute approximate surface area is 133 Å². The molecule has 2 aromatic rings. The van der Waals surface area contributed by atoms with Gasteiger partial charge in [-0.25, -0.2) is 0 Å². The Balaban J connectivity index is 1.59. The van der Waals surface area contributed by atoms with Crippen molar-refractivity contribution < 1.29 is 18.3 Å². The molecule has 1 fully saturated rings. The van der Waals surface area contributed by atoms with Gasteiger partial charge in [-0.2, -0.15) is 13.9 Å². The Morgan fingerprint density at radius 2 is 2.22 bits per heavy atom. The number of rotatable bonds is 6. The first-order valence-electron chi connectivity index (χ1n) is 7.57. The number of hydrogen-bond acceptors (Lipinski definition) is 4. The van der Waals surface area contributed by atoms with E-state index in [2.05, 4.69) is 14.7 Å². The smallest absolute Gasteiger partial charge is 0.387 e. The van der Waals surface area contributed by atoms with Crippen LogP contribution in [0.5, 0.6) is 5.75 Å². The van der Waals surface area contributed by atoms with Gasteiger partial charge in [0.25, 0.3) is 0 Å². The quantitative estimate of drug-likeness (QED) is 0.819. The van der Waals surface area contributed by atoms with Crippen molar-refractivity contribution in [1.82, 2.24) is 14.7 Å². The first-order chi connectivity index (χ1) is 11.2. The molecule has 1 atom stereocenters. The fourth-order valence-electron chi connectivity index (χ4n) is 2.67. The minimum Gasteiger partial charge on any atom is -0.435 e. The lowest BCUT2D eigenvalue weighted by Crippen LogP contribution is -2.40. The van der Waals surface area contributed by atoms with Gasteiger partial charge in [-0.3, -0.25) is 9.58 Å². The fraction of sp³-hybridized carbons (Fsp3) is 0.438. The maximum atomic E-state index is 12.3. The average molecular weight is 323 g/mol. The van der Waals surface area contributed by atoms with Crippen LogP contribution in [0.3, 0.4) is 0 Å². The number of aromatic nitrogens is 2. The minimum absolute atomic E-state index is 0.136. The molecule has 1 saturated heterocycles. The van der Waals surface area contributed by atoms with Crippen LogP contribution in [0.25, 0.3) is 0 Å². The molecule has 23 heavy (non-hydrogen) atoms. The van der Waals surface area contributed by atoms with Gasteiger partial charge in [0.2, 0.25) is 0 Å². The molecule has 0 unspecified atom stereocenters. The molecule has 0 amide bonds. The van der Waals surface area contributed by atoms with E-state index in [1.54, 1.807) is 18.3 Å². The van der Waals surface area contributed by atoms with Crippen molar-refractivity contribution in [2.45, 2.75) is 19.3 Å². The van der Waals surface area contributed by atoms with Crippen LogP contribution in [0.2, 0.25) is 0 Å². The van der Waals surface area contributed by atoms with Crippen LogP contribution in [-0.4, -0.2) is 47.5 Å². The summed E-state index contributed by atoms with van der Waals surface area (Å²) in [6.45, 7) is 1.06. The zero-order valence-electron chi connectivity index (χ0n) is 12.6. The van der Waals surface area contributed by atoms with Crippen LogP contribution < -0.4 is 4.74 Å². The Morgan fingerprint density at radius 1 is 1.30 bits per heavy atom. The third kappa shape index (κ3) is 4.49. The maximum Gasteiger partial charge on any atom is 0.387 e. The molecule has 1 aliphatic heterocycles. The highest BCUT2D eigenvalue weighted by atomic mass is 19.3. The molecule has 0 spiro atoms. The molecule has 2 heterocycles. The van der Waals surface area contributed by atoms with E-state index in [4.69, 9.17) is 4.74 Å². The van der Waals surface area contributed by atoms with Crippen molar-refractivity contribution in [2.24, 2.45) is 0 Å². The van der Waals surface area contributed by atoms with Gasteiger partial charge < -0.3 is 9.47 Å². The molecule has 0 radical (unpaired) electrons. The molecule has 1 aliphatic rings. The summed E-state index contributed by atoms with van der Waals surface area (Å²) in [5, 5.41) is 4.19. The number of benzene rings is 1. The van der Waals surface area contributed by atoms with E-state index in [-0.39, 0.29) is 11.9 Å². The number of halogens is 2. The van der Waals surface area contributed by atoms with Gasteiger partial charge in [-0.1, -0.05) is 12.1 Å². The molecule has 7 heteroatoms. The summed E-state index contributed by atoms with van der Waals surface area (Å²) in [5.41, 5.74) is 0.854. The average Bonchev–Trinajstić information content (AvgIpc) is 3.06. The molecular formula is C16H19F2N3O2. The van der Waals surface area contributed by atoms with E-state index in [1.807, 2.05) is 23.0 Å². The molecule has 3 rings (SSSR count). The summed E-state index contributed by atoms with van der Waals surface area (Å²) >= 11 is 0.